The molecule has 0 aliphatic heterocycles. The van der Waals surface area contributed by atoms with Crippen LogP contribution in [0.1, 0.15) is 33.2 Å². The van der Waals surface area contributed by atoms with E-state index in [0.717, 1.165) is 0 Å². The molecule has 2 aromatic carbocycles. The minimum absolute atomic E-state index is 0.117. The van der Waals surface area contributed by atoms with Crippen molar-refractivity contribution >= 4 is 11.6 Å². The molecule has 0 aliphatic rings. The van der Waals surface area contributed by atoms with Gasteiger partial charge in [0.1, 0.15) is 12.7 Å². The van der Waals surface area contributed by atoms with Gasteiger partial charge in [-0.05, 0) is 31.2 Å². The Morgan fingerprint density at radius 3 is 2.11 bits per heavy atom. The van der Waals surface area contributed by atoms with Crippen LogP contribution in [0.2, 0.25) is 0 Å². The zero-order valence-electron chi connectivity index (χ0n) is 15.9. The molecule has 8 nitrogen and oxygen atoms in total. The first-order valence-corrected chi connectivity index (χ1v) is 8.34. The molecule has 144 valence electrons. The Balaban J connectivity index is 2.16. The van der Waals surface area contributed by atoms with Crippen LogP contribution in [0.15, 0.2) is 43.0 Å². The standard InChI is InChI=1S/C20H19N3O5/c1-12(24)13-5-6-15(16(7-13)23-11-21-10-22-23)19(25)14-8-17(26-2)20(28-4)18(9-14)27-3/h5-11H,1-4H3. The van der Waals surface area contributed by atoms with Crippen LogP contribution >= 0.6 is 0 Å². The molecule has 0 saturated heterocycles. The first-order chi connectivity index (χ1) is 13.5. The van der Waals surface area contributed by atoms with Crippen molar-refractivity contribution in [3.05, 3.63) is 59.7 Å². The van der Waals surface area contributed by atoms with Gasteiger partial charge >= 0.3 is 0 Å². The molecule has 0 radical (unpaired) electrons. The van der Waals surface area contributed by atoms with Crippen molar-refractivity contribution in [3.63, 3.8) is 0 Å². The highest BCUT2D eigenvalue weighted by Crippen LogP contribution is 2.39. The molecule has 0 amide bonds. The largest absolute Gasteiger partial charge is 0.493 e. The molecule has 0 atom stereocenters. The second-order valence-corrected chi connectivity index (χ2v) is 5.87. The molecule has 0 spiro atoms. The van der Waals surface area contributed by atoms with Crippen LogP contribution in [-0.4, -0.2) is 47.7 Å². The summed E-state index contributed by atoms with van der Waals surface area (Å²) in [6.07, 6.45) is 2.82. The number of nitrogens with zero attached hydrogens (tertiary/aromatic N) is 3. The third kappa shape index (κ3) is 3.44. The van der Waals surface area contributed by atoms with Crippen molar-refractivity contribution < 1.29 is 23.8 Å². The normalized spacial score (nSPS) is 10.4. The maximum Gasteiger partial charge on any atom is 0.203 e. The fourth-order valence-corrected chi connectivity index (χ4v) is 2.83. The van der Waals surface area contributed by atoms with Crippen molar-refractivity contribution in [3.8, 4) is 22.9 Å². The summed E-state index contributed by atoms with van der Waals surface area (Å²) in [6, 6.07) is 7.97. The Morgan fingerprint density at radius 1 is 0.929 bits per heavy atom. The highest BCUT2D eigenvalue weighted by molar-refractivity contribution is 6.12. The first kappa shape index (κ1) is 19.1. The number of carbonyl (C=O) groups excluding carboxylic acids is 2. The van der Waals surface area contributed by atoms with Crippen LogP contribution in [0.25, 0.3) is 5.69 Å². The number of ketones is 2. The maximum absolute atomic E-state index is 13.3. The van der Waals surface area contributed by atoms with Gasteiger partial charge in [-0.1, -0.05) is 6.07 Å². The second-order valence-electron chi connectivity index (χ2n) is 5.87. The van der Waals surface area contributed by atoms with E-state index < -0.39 is 0 Å². The SMILES string of the molecule is COc1cc(C(=O)c2ccc(C(C)=O)cc2-n2cncn2)cc(OC)c1OC. The van der Waals surface area contributed by atoms with E-state index in [2.05, 4.69) is 10.1 Å². The minimum atomic E-state index is -0.292. The van der Waals surface area contributed by atoms with Crippen molar-refractivity contribution in [1.29, 1.82) is 0 Å². The lowest BCUT2D eigenvalue weighted by atomic mass is 9.98. The van der Waals surface area contributed by atoms with Gasteiger partial charge in [0, 0.05) is 16.7 Å². The Bertz CT molecular complexity index is 1000. The monoisotopic (exact) mass is 381 g/mol. The molecule has 0 bridgehead atoms. The molecule has 0 aliphatic carbocycles. The van der Waals surface area contributed by atoms with E-state index in [0.29, 0.717) is 39.6 Å². The second kappa shape index (κ2) is 7.91. The number of hydrogen-bond acceptors (Lipinski definition) is 7. The number of aromatic nitrogens is 3. The van der Waals surface area contributed by atoms with Crippen molar-refractivity contribution in [1.82, 2.24) is 14.8 Å². The van der Waals surface area contributed by atoms with Crippen LogP contribution in [-0.2, 0) is 0 Å². The fraction of sp³-hybridized carbons (Fsp3) is 0.200. The molecule has 1 aromatic heterocycles. The van der Waals surface area contributed by atoms with Gasteiger partial charge in [-0.15, -0.1) is 0 Å². The zero-order chi connectivity index (χ0) is 20.3. The van der Waals surface area contributed by atoms with E-state index in [4.69, 9.17) is 14.2 Å². The number of benzene rings is 2. The lowest BCUT2D eigenvalue weighted by molar-refractivity contribution is 0.101. The Labute approximate surface area is 161 Å². The van der Waals surface area contributed by atoms with Crippen LogP contribution in [0.3, 0.4) is 0 Å². The summed E-state index contributed by atoms with van der Waals surface area (Å²) in [5.74, 6) is 0.721. The zero-order valence-corrected chi connectivity index (χ0v) is 15.9. The maximum atomic E-state index is 13.3. The Hall–Kier alpha value is -3.68. The van der Waals surface area contributed by atoms with Crippen LogP contribution in [0, 0.1) is 0 Å². The average Bonchev–Trinajstić information content (AvgIpc) is 3.26. The topological polar surface area (TPSA) is 92.5 Å². The predicted octanol–water partition coefficient (Wildman–Crippen LogP) is 2.73. The molecule has 0 unspecified atom stereocenters. The van der Waals surface area contributed by atoms with E-state index in [-0.39, 0.29) is 11.6 Å². The molecule has 3 aromatic rings. The summed E-state index contributed by atoms with van der Waals surface area (Å²) in [6.45, 7) is 1.46. The summed E-state index contributed by atoms with van der Waals surface area (Å²) in [5, 5.41) is 4.09. The minimum Gasteiger partial charge on any atom is -0.493 e. The number of methoxy groups -OCH3 is 3. The molecular weight excluding hydrogens is 362 g/mol. The summed E-state index contributed by atoms with van der Waals surface area (Å²) >= 11 is 0. The lowest BCUT2D eigenvalue weighted by Gasteiger charge is -2.15. The van der Waals surface area contributed by atoms with Gasteiger partial charge in [0.2, 0.25) is 5.75 Å². The van der Waals surface area contributed by atoms with E-state index in [9.17, 15) is 9.59 Å². The number of hydrogen-bond donors (Lipinski definition) is 0. The molecule has 0 fully saturated rings. The predicted molar refractivity (Wildman–Crippen MR) is 101 cm³/mol. The van der Waals surface area contributed by atoms with Gasteiger partial charge in [0.15, 0.2) is 23.1 Å². The van der Waals surface area contributed by atoms with E-state index in [1.807, 2.05) is 0 Å². The fourth-order valence-electron chi connectivity index (χ4n) is 2.83. The number of rotatable bonds is 7. The van der Waals surface area contributed by atoms with Gasteiger partial charge in [0.05, 0.1) is 27.0 Å². The number of ether oxygens (including phenoxy) is 3. The summed E-state index contributed by atoms with van der Waals surface area (Å²) < 4.78 is 17.4. The number of carbonyl (C=O) groups is 2. The third-order valence-corrected chi connectivity index (χ3v) is 4.24. The van der Waals surface area contributed by atoms with Gasteiger partial charge in [-0.3, -0.25) is 9.59 Å². The molecule has 8 heteroatoms. The van der Waals surface area contributed by atoms with E-state index >= 15 is 0 Å². The molecular formula is C20H19N3O5. The molecule has 1 heterocycles. The highest BCUT2D eigenvalue weighted by atomic mass is 16.5. The Morgan fingerprint density at radius 2 is 1.61 bits per heavy atom. The molecule has 0 N–H and O–H groups in total. The Kier molecular flexibility index (Phi) is 5.39. The molecule has 3 rings (SSSR count). The summed E-state index contributed by atoms with van der Waals surface area (Å²) in [4.78, 5) is 29.0. The molecule has 0 saturated carbocycles. The average molecular weight is 381 g/mol. The summed E-state index contributed by atoms with van der Waals surface area (Å²) in [7, 11) is 4.45. The third-order valence-electron chi connectivity index (χ3n) is 4.24. The van der Waals surface area contributed by atoms with E-state index in [1.54, 1.807) is 30.3 Å². The highest BCUT2D eigenvalue weighted by Gasteiger charge is 2.21. The lowest BCUT2D eigenvalue weighted by Crippen LogP contribution is -2.10. The van der Waals surface area contributed by atoms with Crippen LogP contribution < -0.4 is 14.2 Å². The first-order valence-electron chi connectivity index (χ1n) is 8.34. The smallest absolute Gasteiger partial charge is 0.203 e. The van der Waals surface area contributed by atoms with Crippen molar-refractivity contribution in [2.24, 2.45) is 0 Å². The van der Waals surface area contributed by atoms with Gasteiger partial charge in [0.25, 0.3) is 0 Å². The summed E-state index contributed by atoms with van der Waals surface area (Å²) in [5.41, 5.74) is 1.60. The molecule has 28 heavy (non-hydrogen) atoms. The van der Waals surface area contributed by atoms with E-state index in [1.165, 1.54) is 45.6 Å². The van der Waals surface area contributed by atoms with Gasteiger partial charge in [-0.25, -0.2) is 9.67 Å². The van der Waals surface area contributed by atoms with Crippen molar-refractivity contribution in [2.45, 2.75) is 6.92 Å². The quantitative estimate of drug-likeness (QED) is 0.581. The number of Topliss-reactive ketones (excluding diaryl/α,β-unsaturated/α-hetero) is 1. The van der Waals surface area contributed by atoms with Crippen LogP contribution in [0.4, 0.5) is 0 Å². The van der Waals surface area contributed by atoms with Crippen molar-refractivity contribution in [2.75, 3.05) is 21.3 Å². The van der Waals surface area contributed by atoms with Gasteiger partial charge < -0.3 is 14.2 Å². The van der Waals surface area contributed by atoms with Gasteiger partial charge in [-0.2, -0.15) is 5.10 Å². The van der Waals surface area contributed by atoms with Crippen LogP contribution in [0.5, 0.6) is 17.2 Å².